The largest absolute Gasteiger partial charge is 0.497 e. The molecule has 2 aliphatic heterocycles. The van der Waals surface area contributed by atoms with Gasteiger partial charge in [0.2, 0.25) is 16.7 Å². The number of hydrogen-bond donors (Lipinski definition) is 1. The molecule has 0 aromatic heterocycles. The van der Waals surface area contributed by atoms with Gasteiger partial charge in [0.25, 0.3) is 5.91 Å². The summed E-state index contributed by atoms with van der Waals surface area (Å²) >= 11 is 1.29. The number of hydrogen-bond acceptors (Lipinski definition) is 5. The molecule has 5 rings (SSSR count). The minimum Gasteiger partial charge on any atom is -0.497 e. The van der Waals surface area contributed by atoms with Gasteiger partial charge in [-0.05, 0) is 42.5 Å². The Morgan fingerprint density at radius 1 is 1.00 bits per heavy atom. The summed E-state index contributed by atoms with van der Waals surface area (Å²) in [4.78, 5) is 41.5. The molecular formula is C25H21N3O4S. The van der Waals surface area contributed by atoms with Crippen molar-refractivity contribution < 1.29 is 19.1 Å². The third-order valence-electron chi connectivity index (χ3n) is 5.75. The van der Waals surface area contributed by atoms with Gasteiger partial charge >= 0.3 is 0 Å². The Morgan fingerprint density at radius 3 is 2.42 bits per heavy atom. The third kappa shape index (κ3) is 3.43. The lowest BCUT2D eigenvalue weighted by molar-refractivity contribution is -0.124. The molecule has 1 N–H and O–H groups in total. The molecule has 3 aromatic carbocycles. The summed E-state index contributed by atoms with van der Waals surface area (Å²) in [6, 6.07) is 23.5. The fourth-order valence-corrected chi connectivity index (χ4v) is 5.67. The molecule has 0 saturated carbocycles. The van der Waals surface area contributed by atoms with Gasteiger partial charge in [0.05, 0.1) is 18.6 Å². The van der Waals surface area contributed by atoms with Crippen molar-refractivity contribution in [2.75, 3.05) is 34.5 Å². The number of ether oxygens (including phenoxy) is 1. The molecular weight excluding hydrogens is 438 g/mol. The minimum atomic E-state index is -1.23. The smallest absolute Gasteiger partial charge is 0.269 e. The highest BCUT2D eigenvalue weighted by Gasteiger charge is 2.61. The average molecular weight is 460 g/mol. The van der Waals surface area contributed by atoms with Crippen LogP contribution in [0.15, 0.2) is 78.9 Å². The van der Waals surface area contributed by atoms with Crippen molar-refractivity contribution in [3.63, 3.8) is 0 Å². The summed E-state index contributed by atoms with van der Waals surface area (Å²) in [6.07, 6.45) is 0. The van der Waals surface area contributed by atoms with E-state index in [1.54, 1.807) is 36.3 Å². The second-order valence-electron chi connectivity index (χ2n) is 7.68. The van der Waals surface area contributed by atoms with Gasteiger partial charge in [0.15, 0.2) is 0 Å². The van der Waals surface area contributed by atoms with Gasteiger partial charge in [-0.25, -0.2) is 0 Å². The van der Waals surface area contributed by atoms with E-state index in [0.29, 0.717) is 28.4 Å². The number of fused-ring (bicyclic) bond motifs is 2. The highest BCUT2D eigenvalue weighted by Crippen LogP contribution is 2.55. The number of para-hydroxylation sites is 2. The van der Waals surface area contributed by atoms with Crippen LogP contribution in [-0.4, -0.2) is 37.1 Å². The lowest BCUT2D eigenvalue weighted by atomic mass is 10.0. The van der Waals surface area contributed by atoms with Crippen LogP contribution >= 0.6 is 11.8 Å². The maximum absolute atomic E-state index is 13.9. The van der Waals surface area contributed by atoms with Crippen LogP contribution in [0.3, 0.4) is 0 Å². The number of amides is 3. The van der Waals surface area contributed by atoms with Crippen molar-refractivity contribution in [3.05, 3.63) is 84.4 Å². The van der Waals surface area contributed by atoms with E-state index in [0.717, 1.165) is 0 Å². The summed E-state index contributed by atoms with van der Waals surface area (Å²) in [5, 5.41) is 2.83. The Bertz CT molecular complexity index is 1230. The summed E-state index contributed by atoms with van der Waals surface area (Å²) < 4.78 is 5.14. The predicted octanol–water partition coefficient (Wildman–Crippen LogP) is 3.61. The van der Waals surface area contributed by atoms with Gasteiger partial charge in [-0.1, -0.05) is 36.4 Å². The first-order valence-electron chi connectivity index (χ1n) is 10.4. The first-order valence-corrected chi connectivity index (χ1v) is 11.4. The molecule has 2 heterocycles. The average Bonchev–Trinajstić information content (AvgIpc) is 3.31. The molecule has 8 heteroatoms. The zero-order valence-corrected chi connectivity index (χ0v) is 18.7. The quantitative estimate of drug-likeness (QED) is 0.631. The van der Waals surface area contributed by atoms with Gasteiger partial charge in [-0.3, -0.25) is 24.2 Å². The lowest BCUT2D eigenvalue weighted by Crippen LogP contribution is -2.50. The SMILES string of the molecule is COc1ccc(NC(=O)CN2C(=O)[C@@]3(SCC(=O)N3c3ccccc3)c3ccccc32)cc1. The first kappa shape index (κ1) is 21.1. The van der Waals surface area contributed by atoms with E-state index in [1.165, 1.54) is 16.7 Å². The van der Waals surface area contributed by atoms with Gasteiger partial charge < -0.3 is 10.1 Å². The summed E-state index contributed by atoms with van der Waals surface area (Å²) in [5.41, 5.74) is 2.61. The van der Waals surface area contributed by atoms with E-state index in [9.17, 15) is 14.4 Å². The molecule has 3 amide bonds. The Balaban J connectivity index is 1.47. The number of nitrogens with zero attached hydrogens (tertiary/aromatic N) is 2. The van der Waals surface area contributed by atoms with Crippen molar-refractivity contribution in [1.29, 1.82) is 0 Å². The lowest BCUT2D eigenvalue weighted by Gasteiger charge is -2.33. The van der Waals surface area contributed by atoms with Crippen LogP contribution < -0.4 is 19.9 Å². The number of methoxy groups -OCH3 is 1. The minimum absolute atomic E-state index is 0.140. The molecule has 0 bridgehead atoms. The zero-order valence-electron chi connectivity index (χ0n) is 17.9. The van der Waals surface area contributed by atoms with Crippen LogP contribution in [0.4, 0.5) is 17.1 Å². The van der Waals surface area contributed by atoms with Gasteiger partial charge in [0, 0.05) is 16.9 Å². The molecule has 3 aromatic rings. The number of carbonyl (C=O) groups is 3. The number of benzene rings is 3. The molecule has 1 saturated heterocycles. The summed E-state index contributed by atoms with van der Waals surface area (Å²) in [7, 11) is 1.57. The number of rotatable bonds is 5. The predicted molar refractivity (Wildman–Crippen MR) is 128 cm³/mol. The zero-order chi connectivity index (χ0) is 23.0. The molecule has 33 heavy (non-hydrogen) atoms. The highest BCUT2D eigenvalue weighted by atomic mass is 32.2. The molecule has 0 unspecified atom stereocenters. The Kier molecular flexibility index (Phi) is 5.30. The van der Waals surface area contributed by atoms with E-state index in [1.807, 2.05) is 54.6 Å². The topological polar surface area (TPSA) is 79.0 Å². The molecule has 0 aliphatic carbocycles. The second kappa shape index (κ2) is 8.29. The first-order chi connectivity index (χ1) is 16.0. The molecule has 2 aliphatic rings. The van der Waals surface area contributed by atoms with E-state index in [2.05, 4.69) is 5.32 Å². The van der Waals surface area contributed by atoms with Crippen LogP contribution in [-0.2, 0) is 19.3 Å². The normalized spacial score (nSPS) is 19.2. The number of nitrogens with one attached hydrogen (secondary N) is 1. The van der Waals surface area contributed by atoms with Crippen LogP contribution in [0.2, 0.25) is 0 Å². The Morgan fingerprint density at radius 2 is 1.70 bits per heavy atom. The van der Waals surface area contributed by atoms with Crippen molar-refractivity contribution in [2.24, 2.45) is 0 Å². The fourth-order valence-electron chi connectivity index (χ4n) is 4.31. The molecule has 1 spiro atoms. The standard InChI is InChI=1S/C25H21N3O4S/c1-32-19-13-11-17(12-14-19)26-22(29)15-27-21-10-6-5-9-20(21)25(24(27)31)28(23(30)16-33-25)18-7-3-2-4-8-18/h2-14H,15-16H2,1H3,(H,26,29)/t25-/m0/s1. The summed E-state index contributed by atoms with van der Waals surface area (Å²) in [5.74, 6) is 0.0940. The molecule has 1 atom stereocenters. The van der Waals surface area contributed by atoms with Gasteiger partial charge in [-0.15, -0.1) is 11.8 Å². The monoisotopic (exact) mass is 459 g/mol. The molecule has 1 fully saturated rings. The maximum atomic E-state index is 13.9. The number of thioether (sulfide) groups is 1. The van der Waals surface area contributed by atoms with E-state index in [-0.39, 0.29) is 30.0 Å². The van der Waals surface area contributed by atoms with Crippen molar-refractivity contribution >= 4 is 46.5 Å². The van der Waals surface area contributed by atoms with Crippen LogP contribution in [0.1, 0.15) is 5.56 Å². The molecule has 0 radical (unpaired) electrons. The van der Waals surface area contributed by atoms with E-state index >= 15 is 0 Å². The van der Waals surface area contributed by atoms with Crippen LogP contribution in [0.25, 0.3) is 0 Å². The highest BCUT2D eigenvalue weighted by molar-refractivity contribution is 8.02. The van der Waals surface area contributed by atoms with Crippen molar-refractivity contribution in [2.45, 2.75) is 4.87 Å². The maximum Gasteiger partial charge on any atom is 0.269 e. The number of carbonyl (C=O) groups excluding carboxylic acids is 3. The van der Waals surface area contributed by atoms with Crippen molar-refractivity contribution in [3.8, 4) is 5.75 Å². The fraction of sp³-hybridized carbons (Fsp3) is 0.160. The van der Waals surface area contributed by atoms with Crippen molar-refractivity contribution in [1.82, 2.24) is 0 Å². The molecule has 7 nitrogen and oxygen atoms in total. The third-order valence-corrected chi connectivity index (χ3v) is 7.14. The summed E-state index contributed by atoms with van der Waals surface area (Å²) in [6.45, 7) is -0.166. The van der Waals surface area contributed by atoms with E-state index < -0.39 is 4.87 Å². The van der Waals surface area contributed by atoms with Crippen LogP contribution in [0.5, 0.6) is 5.75 Å². The number of anilines is 3. The van der Waals surface area contributed by atoms with Crippen LogP contribution in [0, 0.1) is 0 Å². The Hall–Kier alpha value is -3.78. The van der Waals surface area contributed by atoms with Gasteiger partial charge in [-0.2, -0.15) is 0 Å². The Labute approximate surface area is 195 Å². The van der Waals surface area contributed by atoms with E-state index in [4.69, 9.17) is 4.74 Å². The second-order valence-corrected chi connectivity index (χ2v) is 8.85. The van der Waals surface area contributed by atoms with Gasteiger partial charge in [0.1, 0.15) is 12.3 Å². The molecule has 166 valence electrons.